The Labute approximate surface area is 107 Å². The van der Waals surface area contributed by atoms with Gasteiger partial charge in [-0.15, -0.1) is 0 Å². The molecule has 1 saturated heterocycles. The summed E-state index contributed by atoms with van der Waals surface area (Å²) in [6.07, 6.45) is 3.70. The molecule has 2 rings (SSSR count). The maximum atomic E-state index is 12.1. The number of carbonyl (C=O) groups excluding carboxylic acids is 1. The minimum atomic E-state index is -0.289. The Hall–Kier alpha value is -0.680. The summed E-state index contributed by atoms with van der Waals surface area (Å²) in [5.41, 5.74) is 5.69. The lowest BCUT2D eigenvalue weighted by Gasteiger charge is -2.23. The van der Waals surface area contributed by atoms with Crippen molar-refractivity contribution in [2.75, 3.05) is 6.61 Å². The van der Waals surface area contributed by atoms with Crippen molar-refractivity contribution in [2.24, 2.45) is 17.6 Å². The predicted molar refractivity (Wildman–Crippen MR) is 69.6 cm³/mol. The van der Waals surface area contributed by atoms with Crippen LogP contribution in [0.4, 0.5) is 0 Å². The number of amides is 1. The highest BCUT2D eigenvalue weighted by atomic mass is 32.1. The van der Waals surface area contributed by atoms with Gasteiger partial charge in [-0.3, -0.25) is 4.79 Å². The van der Waals surface area contributed by atoms with Crippen LogP contribution < -0.4 is 11.1 Å². The van der Waals surface area contributed by atoms with Gasteiger partial charge in [0.15, 0.2) is 0 Å². The fourth-order valence-electron chi connectivity index (χ4n) is 2.77. The number of thiocarbonyl (C=S) groups is 1. The van der Waals surface area contributed by atoms with E-state index in [0.29, 0.717) is 17.5 Å². The normalized spacial score (nSPS) is 37.0. The zero-order chi connectivity index (χ0) is 12.4. The third-order valence-electron chi connectivity index (χ3n) is 3.85. The fourth-order valence-corrected chi connectivity index (χ4v) is 3.05. The van der Waals surface area contributed by atoms with Crippen LogP contribution in [-0.2, 0) is 9.53 Å². The number of hydrogen-bond acceptors (Lipinski definition) is 3. The van der Waals surface area contributed by atoms with E-state index in [0.717, 1.165) is 25.7 Å². The van der Waals surface area contributed by atoms with Gasteiger partial charge >= 0.3 is 0 Å². The molecule has 0 spiro atoms. The third kappa shape index (κ3) is 2.77. The summed E-state index contributed by atoms with van der Waals surface area (Å²) in [6.45, 7) is 2.74. The van der Waals surface area contributed by atoms with E-state index in [2.05, 4.69) is 12.2 Å². The van der Waals surface area contributed by atoms with Crippen LogP contribution in [0.2, 0.25) is 0 Å². The van der Waals surface area contributed by atoms with Gasteiger partial charge in [-0.25, -0.2) is 0 Å². The van der Waals surface area contributed by atoms with Gasteiger partial charge in [0.05, 0.1) is 4.99 Å². The summed E-state index contributed by atoms with van der Waals surface area (Å²) in [6, 6.07) is 0.108. The molecule has 0 aromatic carbocycles. The summed E-state index contributed by atoms with van der Waals surface area (Å²) < 4.78 is 5.46. The maximum absolute atomic E-state index is 12.1. The standard InChI is InChI=1S/C12H20N2O2S/c1-7-5-6-16-10(7)12(15)14-9-4-2-3-8(9)11(13)17/h7-10H,2-6H2,1H3,(H2,13,17)(H,14,15). The van der Waals surface area contributed by atoms with Crippen LogP contribution in [-0.4, -0.2) is 29.6 Å². The molecule has 4 nitrogen and oxygen atoms in total. The average molecular weight is 256 g/mol. The van der Waals surface area contributed by atoms with Crippen LogP contribution >= 0.6 is 12.2 Å². The Morgan fingerprint density at radius 3 is 2.76 bits per heavy atom. The predicted octanol–water partition coefficient (Wildman–Crippen LogP) is 0.982. The molecule has 2 aliphatic rings. The van der Waals surface area contributed by atoms with Crippen LogP contribution in [0, 0.1) is 11.8 Å². The first kappa shape index (κ1) is 12.8. The first-order valence-electron chi connectivity index (χ1n) is 6.31. The molecular weight excluding hydrogens is 236 g/mol. The molecule has 0 aromatic heterocycles. The molecule has 1 amide bonds. The molecule has 4 unspecified atom stereocenters. The van der Waals surface area contributed by atoms with E-state index in [9.17, 15) is 4.79 Å². The molecule has 1 aliphatic carbocycles. The Morgan fingerprint density at radius 2 is 2.18 bits per heavy atom. The monoisotopic (exact) mass is 256 g/mol. The molecular formula is C12H20N2O2S. The van der Waals surface area contributed by atoms with Gasteiger partial charge in [0.1, 0.15) is 6.10 Å². The van der Waals surface area contributed by atoms with Crippen LogP contribution in [0.25, 0.3) is 0 Å². The van der Waals surface area contributed by atoms with Crippen molar-refractivity contribution in [3.63, 3.8) is 0 Å². The second kappa shape index (κ2) is 5.31. The first-order valence-corrected chi connectivity index (χ1v) is 6.71. The maximum Gasteiger partial charge on any atom is 0.249 e. The SMILES string of the molecule is CC1CCOC1C(=O)NC1CCCC1C(N)=S. The van der Waals surface area contributed by atoms with Gasteiger partial charge in [-0.1, -0.05) is 25.6 Å². The van der Waals surface area contributed by atoms with E-state index in [1.807, 2.05) is 0 Å². The number of rotatable bonds is 3. The topological polar surface area (TPSA) is 64.3 Å². The molecule has 1 aliphatic heterocycles. The Kier molecular flexibility index (Phi) is 3.99. The minimum absolute atomic E-state index is 0.00292. The van der Waals surface area contributed by atoms with E-state index in [4.69, 9.17) is 22.7 Å². The van der Waals surface area contributed by atoms with E-state index < -0.39 is 0 Å². The average Bonchev–Trinajstić information content (AvgIpc) is 2.86. The smallest absolute Gasteiger partial charge is 0.249 e. The van der Waals surface area contributed by atoms with Gasteiger partial charge in [-0.05, 0) is 25.2 Å². The van der Waals surface area contributed by atoms with Crippen LogP contribution in [0.3, 0.4) is 0 Å². The van der Waals surface area contributed by atoms with E-state index >= 15 is 0 Å². The molecule has 5 heteroatoms. The summed E-state index contributed by atoms with van der Waals surface area (Å²) in [5.74, 6) is 0.466. The van der Waals surface area contributed by atoms with E-state index in [-0.39, 0.29) is 24.0 Å². The number of ether oxygens (including phenoxy) is 1. The number of carbonyl (C=O) groups is 1. The number of nitrogens with one attached hydrogen (secondary N) is 1. The van der Waals surface area contributed by atoms with Crippen LogP contribution in [0.1, 0.15) is 32.6 Å². The third-order valence-corrected chi connectivity index (χ3v) is 4.16. The van der Waals surface area contributed by atoms with Crippen LogP contribution in [0.15, 0.2) is 0 Å². The fraction of sp³-hybridized carbons (Fsp3) is 0.833. The molecule has 0 bridgehead atoms. The highest BCUT2D eigenvalue weighted by Crippen LogP contribution is 2.27. The van der Waals surface area contributed by atoms with Crippen molar-refractivity contribution in [2.45, 2.75) is 44.8 Å². The van der Waals surface area contributed by atoms with Crippen molar-refractivity contribution in [3.8, 4) is 0 Å². The number of hydrogen-bond donors (Lipinski definition) is 2. The lowest BCUT2D eigenvalue weighted by molar-refractivity contribution is -0.132. The summed E-state index contributed by atoms with van der Waals surface area (Å²) in [7, 11) is 0. The highest BCUT2D eigenvalue weighted by molar-refractivity contribution is 7.80. The quantitative estimate of drug-likeness (QED) is 0.739. The zero-order valence-electron chi connectivity index (χ0n) is 10.1. The molecule has 3 N–H and O–H groups in total. The molecule has 17 heavy (non-hydrogen) atoms. The number of nitrogens with two attached hydrogens (primary N) is 1. The van der Waals surface area contributed by atoms with Crippen molar-refractivity contribution >= 4 is 23.1 Å². The van der Waals surface area contributed by atoms with Crippen molar-refractivity contribution < 1.29 is 9.53 Å². The molecule has 0 radical (unpaired) electrons. The molecule has 96 valence electrons. The molecule has 0 aromatic rings. The van der Waals surface area contributed by atoms with Crippen molar-refractivity contribution in [1.82, 2.24) is 5.32 Å². The van der Waals surface area contributed by atoms with E-state index in [1.54, 1.807) is 0 Å². The van der Waals surface area contributed by atoms with Crippen molar-refractivity contribution in [3.05, 3.63) is 0 Å². The zero-order valence-corrected chi connectivity index (χ0v) is 11.0. The second-order valence-corrected chi connectivity index (χ2v) is 5.58. The van der Waals surface area contributed by atoms with Crippen LogP contribution in [0.5, 0.6) is 0 Å². The molecule has 4 atom stereocenters. The largest absolute Gasteiger partial charge is 0.393 e. The van der Waals surface area contributed by atoms with Gasteiger partial charge in [0.2, 0.25) is 5.91 Å². The van der Waals surface area contributed by atoms with E-state index in [1.165, 1.54) is 0 Å². The Morgan fingerprint density at radius 1 is 1.41 bits per heavy atom. The van der Waals surface area contributed by atoms with Gasteiger partial charge in [-0.2, -0.15) is 0 Å². The lowest BCUT2D eigenvalue weighted by atomic mass is 10.0. The molecule has 2 fully saturated rings. The summed E-state index contributed by atoms with van der Waals surface area (Å²) in [5, 5.41) is 3.05. The Bertz CT molecular complexity index is 322. The minimum Gasteiger partial charge on any atom is -0.393 e. The Balaban J connectivity index is 1.91. The molecule has 1 heterocycles. The molecule has 1 saturated carbocycles. The highest BCUT2D eigenvalue weighted by Gasteiger charge is 2.35. The first-order chi connectivity index (χ1) is 8.09. The van der Waals surface area contributed by atoms with Gasteiger partial charge < -0.3 is 15.8 Å². The summed E-state index contributed by atoms with van der Waals surface area (Å²) in [4.78, 5) is 12.6. The van der Waals surface area contributed by atoms with Gasteiger partial charge in [0, 0.05) is 18.6 Å². The summed E-state index contributed by atoms with van der Waals surface area (Å²) >= 11 is 5.04. The van der Waals surface area contributed by atoms with Gasteiger partial charge in [0.25, 0.3) is 0 Å². The second-order valence-electron chi connectivity index (χ2n) is 5.11. The lowest BCUT2D eigenvalue weighted by Crippen LogP contribution is -2.46. The van der Waals surface area contributed by atoms with Crippen molar-refractivity contribution in [1.29, 1.82) is 0 Å².